The van der Waals surface area contributed by atoms with E-state index in [-0.39, 0.29) is 24.0 Å². The summed E-state index contributed by atoms with van der Waals surface area (Å²) >= 11 is 6.10. The van der Waals surface area contributed by atoms with Gasteiger partial charge in [-0.3, -0.25) is 9.89 Å². The number of carbonyl (C=O) groups excluding carboxylic acids is 1. The second-order valence-corrected chi connectivity index (χ2v) is 8.18. The maximum absolute atomic E-state index is 13.1. The van der Waals surface area contributed by atoms with E-state index in [1.165, 1.54) is 6.07 Å². The van der Waals surface area contributed by atoms with Crippen LogP contribution in [0.25, 0.3) is 10.9 Å². The maximum Gasteiger partial charge on any atom is 0.257 e. The number of H-pyrrole nitrogens is 1. The van der Waals surface area contributed by atoms with Crippen molar-refractivity contribution in [2.24, 2.45) is 0 Å². The second-order valence-electron chi connectivity index (χ2n) is 7.74. The largest absolute Gasteiger partial charge is 0.507 e. The third kappa shape index (κ3) is 3.83. The normalized spacial score (nSPS) is 12.3. The van der Waals surface area contributed by atoms with Gasteiger partial charge in [0.15, 0.2) is 11.5 Å². The molecule has 0 bridgehead atoms. The molecule has 0 spiro atoms. The third-order valence-corrected chi connectivity index (χ3v) is 5.69. The number of ether oxygens (including phenoxy) is 2. The Hall–Kier alpha value is -3.71. The highest BCUT2D eigenvalue weighted by atomic mass is 35.5. The molecule has 0 fully saturated rings. The fraction of sp³-hybridized carbons (Fsp3) is 0.167. The number of aromatic amines is 1. The van der Waals surface area contributed by atoms with Gasteiger partial charge in [-0.25, -0.2) is 0 Å². The molecule has 3 aromatic carbocycles. The molecular formula is C24H20ClN3O4. The van der Waals surface area contributed by atoms with Gasteiger partial charge in [0, 0.05) is 42.2 Å². The molecule has 0 saturated carbocycles. The Balaban J connectivity index is 1.41. The number of halogens is 1. The van der Waals surface area contributed by atoms with Crippen LogP contribution in [0.1, 0.15) is 27.2 Å². The van der Waals surface area contributed by atoms with Gasteiger partial charge in [-0.15, -0.1) is 0 Å². The lowest BCUT2D eigenvalue weighted by molar-refractivity contribution is 0.0782. The van der Waals surface area contributed by atoms with Crippen molar-refractivity contribution in [2.45, 2.75) is 13.0 Å². The van der Waals surface area contributed by atoms with Crippen molar-refractivity contribution in [2.75, 3.05) is 13.8 Å². The SMILES string of the molecule is CN(Cc1ccc2c(c1)OCO2)C(=O)c1cc2c(Cc3cccc(Cl)c3)[nH]nc2cc1O. The van der Waals surface area contributed by atoms with E-state index in [0.717, 1.165) is 22.2 Å². The van der Waals surface area contributed by atoms with Crippen molar-refractivity contribution in [1.29, 1.82) is 0 Å². The van der Waals surface area contributed by atoms with Gasteiger partial charge in [-0.05, 0) is 41.5 Å². The maximum atomic E-state index is 13.1. The topological polar surface area (TPSA) is 87.7 Å². The first-order valence-electron chi connectivity index (χ1n) is 10.1. The zero-order valence-electron chi connectivity index (χ0n) is 17.3. The fourth-order valence-electron chi connectivity index (χ4n) is 3.85. The summed E-state index contributed by atoms with van der Waals surface area (Å²) in [4.78, 5) is 14.7. The molecule has 0 atom stereocenters. The molecular weight excluding hydrogens is 430 g/mol. The molecule has 1 aliphatic rings. The monoisotopic (exact) mass is 449 g/mol. The lowest BCUT2D eigenvalue weighted by Crippen LogP contribution is -2.26. The number of rotatable bonds is 5. The number of phenolic OH excluding ortho intramolecular Hbond substituents is 1. The molecule has 2 N–H and O–H groups in total. The Morgan fingerprint density at radius 2 is 1.97 bits per heavy atom. The summed E-state index contributed by atoms with van der Waals surface area (Å²) < 4.78 is 10.7. The van der Waals surface area contributed by atoms with Crippen LogP contribution in [0, 0.1) is 0 Å². The summed E-state index contributed by atoms with van der Waals surface area (Å²) in [7, 11) is 1.69. The van der Waals surface area contributed by atoms with Crippen molar-refractivity contribution in [3.63, 3.8) is 0 Å². The summed E-state index contributed by atoms with van der Waals surface area (Å²) in [5.41, 5.74) is 3.57. The summed E-state index contributed by atoms with van der Waals surface area (Å²) in [6.07, 6.45) is 0.572. The van der Waals surface area contributed by atoms with Crippen LogP contribution >= 0.6 is 11.6 Å². The smallest absolute Gasteiger partial charge is 0.257 e. The second kappa shape index (κ2) is 8.09. The number of hydrogen-bond donors (Lipinski definition) is 2. The Kier molecular flexibility index (Phi) is 5.11. The van der Waals surface area contributed by atoms with Crippen LogP contribution in [-0.2, 0) is 13.0 Å². The minimum absolute atomic E-state index is 0.110. The Morgan fingerprint density at radius 3 is 2.81 bits per heavy atom. The molecule has 4 aromatic rings. The molecule has 0 unspecified atom stereocenters. The fourth-order valence-corrected chi connectivity index (χ4v) is 4.06. The van der Waals surface area contributed by atoms with Gasteiger partial charge in [0.2, 0.25) is 6.79 Å². The number of carbonyl (C=O) groups is 1. The highest BCUT2D eigenvalue weighted by Gasteiger charge is 2.20. The molecule has 1 amide bonds. The van der Waals surface area contributed by atoms with Gasteiger partial charge in [0.25, 0.3) is 5.91 Å². The first-order valence-corrected chi connectivity index (χ1v) is 10.4. The predicted molar refractivity (Wildman–Crippen MR) is 120 cm³/mol. The number of aromatic nitrogens is 2. The van der Waals surface area contributed by atoms with Crippen LogP contribution in [0.5, 0.6) is 17.2 Å². The first-order chi connectivity index (χ1) is 15.5. The van der Waals surface area contributed by atoms with Crippen molar-refractivity contribution >= 4 is 28.4 Å². The molecule has 2 heterocycles. The average molecular weight is 450 g/mol. The van der Waals surface area contributed by atoms with Crippen molar-refractivity contribution in [3.05, 3.63) is 82.0 Å². The van der Waals surface area contributed by atoms with E-state index < -0.39 is 0 Å². The van der Waals surface area contributed by atoms with E-state index >= 15 is 0 Å². The number of benzene rings is 3. The van der Waals surface area contributed by atoms with E-state index in [4.69, 9.17) is 21.1 Å². The van der Waals surface area contributed by atoms with Crippen molar-refractivity contribution in [1.82, 2.24) is 15.1 Å². The number of nitrogens with zero attached hydrogens (tertiary/aromatic N) is 2. The zero-order valence-corrected chi connectivity index (χ0v) is 18.0. The number of amides is 1. The minimum Gasteiger partial charge on any atom is -0.507 e. The van der Waals surface area contributed by atoms with Crippen LogP contribution in [0.15, 0.2) is 54.6 Å². The van der Waals surface area contributed by atoms with E-state index in [9.17, 15) is 9.90 Å². The Morgan fingerprint density at radius 1 is 1.12 bits per heavy atom. The minimum atomic E-state index is -0.294. The molecule has 0 saturated heterocycles. The molecule has 32 heavy (non-hydrogen) atoms. The Bertz CT molecular complexity index is 1330. The van der Waals surface area contributed by atoms with E-state index in [1.807, 2.05) is 42.5 Å². The highest BCUT2D eigenvalue weighted by molar-refractivity contribution is 6.30. The molecule has 7 nitrogen and oxygen atoms in total. The predicted octanol–water partition coefficient (Wildman–Crippen LogP) is 4.51. The molecule has 8 heteroatoms. The molecule has 1 aliphatic heterocycles. The number of fused-ring (bicyclic) bond motifs is 2. The van der Waals surface area contributed by atoms with Gasteiger partial charge >= 0.3 is 0 Å². The molecule has 5 rings (SSSR count). The average Bonchev–Trinajstić information content (AvgIpc) is 3.39. The highest BCUT2D eigenvalue weighted by Crippen LogP contribution is 2.33. The first kappa shape index (κ1) is 20.2. The lowest BCUT2D eigenvalue weighted by Gasteiger charge is -2.18. The quantitative estimate of drug-likeness (QED) is 0.468. The van der Waals surface area contributed by atoms with Crippen molar-refractivity contribution < 1.29 is 19.4 Å². The molecule has 0 aliphatic carbocycles. The van der Waals surface area contributed by atoms with Gasteiger partial charge < -0.3 is 19.5 Å². The zero-order chi connectivity index (χ0) is 22.2. The Labute approximate surface area is 189 Å². The van der Waals surface area contributed by atoms with Crippen LogP contribution < -0.4 is 9.47 Å². The summed E-state index contributed by atoms with van der Waals surface area (Å²) in [6.45, 7) is 0.553. The number of aromatic hydroxyl groups is 1. The van der Waals surface area contributed by atoms with E-state index in [1.54, 1.807) is 18.0 Å². The third-order valence-electron chi connectivity index (χ3n) is 5.45. The van der Waals surface area contributed by atoms with Crippen LogP contribution in [0.4, 0.5) is 0 Å². The van der Waals surface area contributed by atoms with Gasteiger partial charge in [0.1, 0.15) is 5.75 Å². The standard InChI is InChI=1S/C24H20ClN3O4/c1-28(12-15-5-6-22-23(9-15)32-13-31-22)24(30)18-10-17-19(26-27-20(17)11-21(18)29)8-14-3-2-4-16(25)7-14/h2-7,9-11,29H,8,12-13H2,1H3,(H,26,27). The van der Waals surface area contributed by atoms with Crippen LogP contribution in [-0.4, -0.2) is 40.0 Å². The summed E-state index contributed by atoms with van der Waals surface area (Å²) in [5, 5.41) is 19.2. The van der Waals surface area contributed by atoms with E-state index in [0.29, 0.717) is 35.0 Å². The van der Waals surface area contributed by atoms with Crippen LogP contribution in [0.2, 0.25) is 5.02 Å². The number of hydrogen-bond acceptors (Lipinski definition) is 5. The van der Waals surface area contributed by atoms with Gasteiger partial charge in [-0.2, -0.15) is 5.10 Å². The molecule has 162 valence electrons. The lowest BCUT2D eigenvalue weighted by atomic mass is 10.0. The van der Waals surface area contributed by atoms with Crippen LogP contribution in [0.3, 0.4) is 0 Å². The molecule has 1 aromatic heterocycles. The van der Waals surface area contributed by atoms with Gasteiger partial charge in [0.05, 0.1) is 11.1 Å². The number of phenols is 1. The van der Waals surface area contributed by atoms with Crippen molar-refractivity contribution in [3.8, 4) is 17.2 Å². The van der Waals surface area contributed by atoms with E-state index in [2.05, 4.69) is 10.2 Å². The summed E-state index contributed by atoms with van der Waals surface area (Å²) in [6, 6.07) is 16.3. The molecule has 0 radical (unpaired) electrons. The number of nitrogens with one attached hydrogen (secondary N) is 1. The van der Waals surface area contributed by atoms with Gasteiger partial charge in [-0.1, -0.05) is 29.8 Å². The summed E-state index contributed by atoms with van der Waals surface area (Å²) in [5.74, 6) is 0.951.